The van der Waals surface area contributed by atoms with E-state index in [4.69, 9.17) is 0 Å². The van der Waals surface area contributed by atoms with Crippen LogP contribution in [0.2, 0.25) is 0 Å². The number of urea groups is 1. The van der Waals surface area contributed by atoms with E-state index in [-0.39, 0.29) is 0 Å². The molecule has 2 amide bonds. The Kier molecular flexibility index (Phi) is 4.26. The van der Waals surface area contributed by atoms with Gasteiger partial charge in [0.25, 0.3) is 0 Å². The number of amides is 2. The average molecular weight is 228 g/mol. The Morgan fingerprint density at radius 2 is 2.07 bits per heavy atom. The van der Waals surface area contributed by atoms with Crippen LogP contribution in [-0.2, 0) is 15.4 Å². The van der Waals surface area contributed by atoms with Crippen molar-refractivity contribution in [2.24, 2.45) is 0 Å². The van der Waals surface area contributed by atoms with E-state index in [2.05, 4.69) is 9.60 Å². The van der Waals surface area contributed by atoms with Gasteiger partial charge in [-0.1, -0.05) is 18.2 Å². The van der Waals surface area contributed by atoms with E-state index in [0.717, 1.165) is 5.56 Å². The van der Waals surface area contributed by atoms with Crippen molar-refractivity contribution in [3.63, 3.8) is 0 Å². The minimum absolute atomic E-state index is 0.536. The van der Waals surface area contributed by atoms with Gasteiger partial charge in [-0.25, -0.2) is 14.5 Å². The molecule has 1 rings (SSSR count). The molecule has 1 atom stereocenters. The number of hydroxylamine groups is 1. The summed E-state index contributed by atoms with van der Waals surface area (Å²) in [5, 5.41) is 2.28. The van der Waals surface area contributed by atoms with Gasteiger partial charge in [0.15, 0.2) is 0 Å². The van der Waals surface area contributed by atoms with Crippen LogP contribution < -0.4 is 10.8 Å². The highest BCUT2D eigenvalue weighted by Gasteiger charge is 2.08. The summed E-state index contributed by atoms with van der Waals surface area (Å²) < 4.78 is 16.2. The maximum Gasteiger partial charge on any atom is 0.339 e. The fraction of sp³-hybridized carbons (Fsp3) is 0.222. The van der Waals surface area contributed by atoms with Crippen molar-refractivity contribution in [1.29, 1.82) is 0 Å². The molecule has 1 aromatic carbocycles. The van der Waals surface area contributed by atoms with Gasteiger partial charge in [0.2, 0.25) is 11.1 Å². The molecule has 0 saturated heterocycles. The number of nitrogens with one attached hydrogen (secondary N) is 2. The third kappa shape index (κ3) is 3.34. The average Bonchev–Trinajstić information content (AvgIpc) is 2.26. The monoisotopic (exact) mass is 228 g/mol. The van der Waals surface area contributed by atoms with E-state index < -0.39 is 17.1 Å². The zero-order valence-electron chi connectivity index (χ0n) is 8.44. The lowest BCUT2D eigenvalue weighted by atomic mass is 10.2. The molecule has 5 nitrogen and oxygen atoms in total. The molecule has 15 heavy (non-hydrogen) atoms. The van der Waals surface area contributed by atoms with Crippen molar-refractivity contribution in [2.45, 2.75) is 11.8 Å². The van der Waals surface area contributed by atoms with Crippen molar-refractivity contribution in [3.8, 4) is 0 Å². The highest BCUT2D eigenvalue weighted by Crippen LogP contribution is 2.11. The largest absolute Gasteiger partial charge is 0.339 e. The first-order valence-corrected chi connectivity index (χ1v) is 5.35. The Hall–Kier alpha value is -1.40. The van der Waals surface area contributed by atoms with Gasteiger partial charge in [0, 0.05) is 7.05 Å². The number of aryl methyl sites for hydroxylation is 1. The van der Waals surface area contributed by atoms with Gasteiger partial charge in [-0.05, 0) is 18.6 Å². The molecule has 0 aliphatic rings. The zero-order chi connectivity index (χ0) is 11.3. The molecule has 0 spiro atoms. The van der Waals surface area contributed by atoms with Gasteiger partial charge in [-0.3, -0.25) is 0 Å². The molecule has 6 heteroatoms. The number of hydrogen-bond donors (Lipinski definition) is 2. The maximum atomic E-state index is 11.5. The number of hydrogen-bond acceptors (Lipinski definition) is 3. The number of benzene rings is 1. The molecule has 0 saturated carbocycles. The van der Waals surface area contributed by atoms with Gasteiger partial charge < -0.3 is 5.32 Å². The van der Waals surface area contributed by atoms with Crippen LogP contribution in [0.5, 0.6) is 0 Å². The van der Waals surface area contributed by atoms with E-state index in [0.29, 0.717) is 4.90 Å². The molecular weight excluding hydrogens is 216 g/mol. The Morgan fingerprint density at radius 1 is 1.40 bits per heavy atom. The first-order valence-electron chi connectivity index (χ1n) is 4.27. The summed E-state index contributed by atoms with van der Waals surface area (Å²) in [4.78, 5) is 11.3. The second-order valence-electron chi connectivity index (χ2n) is 2.76. The fourth-order valence-electron chi connectivity index (χ4n) is 0.915. The van der Waals surface area contributed by atoms with Gasteiger partial charge in [-0.15, -0.1) is 0 Å². The molecule has 0 radical (unpaired) electrons. The van der Waals surface area contributed by atoms with E-state index >= 15 is 0 Å². The van der Waals surface area contributed by atoms with Crippen LogP contribution in [-0.4, -0.2) is 17.3 Å². The van der Waals surface area contributed by atoms with Crippen molar-refractivity contribution in [2.75, 3.05) is 7.05 Å². The molecule has 1 aromatic rings. The predicted molar refractivity (Wildman–Crippen MR) is 56.3 cm³/mol. The zero-order valence-corrected chi connectivity index (χ0v) is 9.26. The lowest BCUT2D eigenvalue weighted by molar-refractivity contribution is 0.191. The smallest absolute Gasteiger partial charge is 0.339 e. The highest BCUT2D eigenvalue weighted by molar-refractivity contribution is 7.80. The molecule has 0 aromatic heterocycles. The van der Waals surface area contributed by atoms with Gasteiger partial charge in [-0.2, -0.15) is 4.28 Å². The summed E-state index contributed by atoms with van der Waals surface area (Å²) in [6.07, 6.45) is 0. The topological polar surface area (TPSA) is 67.4 Å². The normalized spacial score (nSPS) is 11.9. The molecule has 0 aliphatic heterocycles. The minimum Gasteiger partial charge on any atom is -0.339 e. The Bertz CT molecular complexity index is 381. The summed E-state index contributed by atoms with van der Waals surface area (Å²) in [5.41, 5.74) is 2.85. The first-order chi connectivity index (χ1) is 7.15. The van der Waals surface area contributed by atoms with Crippen LogP contribution in [0.4, 0.5) is 4.79 Å². The number of carbonyl (C=O) groups excluding carboxylic acids is 1. The molecule has 0 heterocycles. The summed E-state index contributed by atoms with van der Waals surface area (Å²) in [6.45, 7) is 1.82. The van der Waals surface area contributed by atoms with Crippen LogP contribution in [0.1, 0.15) is 5.56 Å². The molecule has 1 unspecified atom stereocenters. The van der Waals surface area contributed by atoms with E-state index in [1.54, 1.807) is 12.1 Å². The Morgan fingerprint density at radius 3 is 2.67 bits per heavy atom. The first kappa shape index (κ1) is 11.7. The maximum absolute atomic E-state index is 11.5. The molecule has 0 bridgehead atoms. The molecule has 0 aliphatic carbocycles. The predicted octanol–water partition coefficient (Wildman–Crippen LogP) is 0.878. The molecule has 82 valence electrons. The van der Waals surface area contributed by atoms with Crippen LogP contribution >= 0.6 is 0 Å². The molecule has 2 N–H and O–H groups in total. The summed E-state index contributed by atoms with van der Waals surface area (Å²) in [5.74, 6) is 0. The van der Waals surface area contributed by atoms with E-state index in [1.165, 1.54) is 7.05 Å². The Balaban J connectivity index is 2.62. The van der Waals surface area contributed by atoms with Crippen molar-refractivity contribution < 1.29 is 13.3 Å². The third-order valence-electron chi connectivity index (χ3n) is 1.71. The molecule has 0 fully saturated rings. The van der Waals surface area contributed by atoms with Crippen LogP contribution in [0, 0.1) is 6.92 Å². The molecular formula is C9H12N2O3S. The number of carbonyl (C=O) groups is 1. The minimum atomic E-state index is -1.69. The van der Waals surface area contributed by atoms with E-state index in [9.17, 15) is 9.00 Å². The summed E-state index contributed by atoms with van der Waals surface area (Å²) in [6, 6.07) is 6.54. The van der Waals surface area contributed by atoms with Crippen molar-refractivity contribution in [1.82, 2.24) is 10.8 Å². The number of rotatable bonds is 3. The van der Waals surface area contributed by atoms with Crippen LogP contribution in [0.25, 0.3) is 0 Å². The standard InChI is InChI=1S/C9H12N2O3S/c1-7-5-3-4-6-8(7)15(13)14-11-9(12)10-2/h3-6H,1-2H3,(H2,10,11,12). The van der Waals surface area contributed by atoms with Crippen molar-refractivity contribution in [3.05, 3.63) is 29.8 Å². The van der Waals surface area contributed by atoms with Gasteiger partial charge in [0.05, 0.1) is 4.90 Å². The van der Waals surface area contributed by atoms with Gasteiger partial charge in [0.1, 0.15) is 0 Å². The summed E-state index contributed by atoms with van der Waals surface area (Å²) >= 11 is -1.69. The van der Waals surface area contributed by atoms with Crippen molar-refractivity contribution >= 4 is 17.1 Å². The third-order valence-corrected chi connectivity index (χ3v) is 2.76. The lowest BCUT2D eigenvalue weighted by Crippen LogP contribution is -2.33. The summed E-state index contributed by atoms with van der Waals surface area (Å²) in [7, 11) is 1.44. The van der Waals surface area contributed by atoms with E-state index in [1.807, 2.05) is 24.5 Å². The van der Waals surface area contributed by atoms with Crippen LogP contribution in [0.3, 0.4) is 0 Å². The second-order valence-corrected chi connectivity index (χ2v) is 3.84. The quantitative estimate of drug-likeness (QED) is 0.755. The highest BCUT2D eigenvalue weighted by atomic mass is 32.2. The SMILES string of the molecule is CNC(=O)NOS(=O)c1ccccc1C. The Labute approximate surface area is 90.4 Å². The lowest BCUT2D eigenvalue weighted by Gasteiger charge is -2.05. The van der Waals surface area contributed by atoms with Crippen LogP contribution in [0.15, 0.2) is 29.2 Å². The van der Waals surface area contributed by atoms with Gasteiger partial charge >= 0.3 is 6.03 Å². The second kappa shape index (κ2) is 5.47. The fourth-order valence-corrected chi connectivity index (χ4v) is 1.68.